The summed E-state index contributed by atoms with van der Waals surface area (Å²) in [6.45, 7) is 3.31. The van der Waals surface area contributed by atoms with Gasteiger partial charge in [0.1, 0.15) is 5.69 Å². The number of nitrogen functional groups attached to an aromatic ring is 1. The Kier molecular flexibility index (Phi) is 3.62. The monoisotopic (exact) mass is 275 g/mol. The standard InChI is InChI=1S/C13H13N3O2S/c1-7-3-4-10(14)9(5-7)12(18)16-13-15-11(6-19-13)8(2)17/h3-6H,14H2,1-2H3,(H,15,16,18). The van der Waals surface area contributed by atoms with Crippen LogP contribution in [0, 0.1) is 6.92 Å². The Labute approximate surface area is 114 Å². The smallest absolute Gasteiger partial charge is 0.259 e. The lowest BCUT2D eigenvalue weighted by Crippen LogP contribution is -2.14. The fourth-order valence-electron chi connectivity index (χ4n) is 1.52. The summed E-state index contributed by atoms with van der Waals surface area (Å²) in [5.74, 6) is -0.461. The van der Waals surface area contributed by atoms with Gasteiger partial charge in [-0.3, -0.25) is 14.9 Å². The van der Waals surface area contributed by atoms with E-state index in [9.17, 15) is 9.59 Å². The normalized spacial score (nSPS) is 10.2. The van der Waals surface area contributed by atoms with Crippen molar-refractivity contribution >= 4 is 33.8 Å². The highest BCUT2D eigenvalue weighted by Crippen LogP contribution is 2.19. The summed E-state index contributed by atoms with van der Waals surface area (Å²) in [6, 6.07) is 5.24. The predicted octanol–water partition coefficient (Wildman–Crippen LogP) is 2.49. The van der Waals surface area contributed by atoms with Crippen LogP contribution in [0.25, 0.3) is 0 Å². The number of thiazole rings is 1. The molecule has 1 aromatic carbocycles. The quantitative estimate of drug-likeness (QED) is 0.665. The van der Waals surface area contributed by atoms with Gasteiger partial charge in [0.25, 0.3) is 5.91 Å². The maximum atomic E-state index is 12.1. The van der Waals surface area contributed by atoms with Gasteiger partial charge in [0.15, 0.2) is 10.9 Å². The average Bonchev–Trinajstić information content (AvgIpc) is 2.80. The van der Waals surface area contributed by atoms with Gasteiger partial charge in [-0.25, -0.2) is 4.98 Å². The van der Waals surface area contributed by atoms with E-state index >= 15 is 0 Å². The number of benzene rings is 1. The first-order chi connectivity index (χ1) is 8.97. The van der Waals surface area contributed by atoms with Gasteiger partial charge in [0.2, 0.25) is 0 Å². The molecule has 0 fully saturated rings. The maximum Gasteiger partial charge on any atom is 0.259 e. The van der Waals surface area contributed by atoms with E-state index in [1.807, 2.05) is 13.0 Å². The highest BCUT2D eigenvalue weighted by atomic mass is 32.1. The van der Waals surface area contributed by atoms with Gasteiger partial charge >= 0.3 is 0 Å². The van der Waals surface area contributed by atoms with Gasteiger partial charge < -0.3 is 5.73 Å². The molecule has 19 heavy (non-hydrogen) atoms. The van der Waals surface area contributed by atoms with E-state index in [4.69, 9.17) is 5.73 Å². The third-order valence-corrected chi connectivity index (χ3v) is 3.30. The predicted molar refractivity (Wildman–Crippen MR) is 75.7 cm³/mol. The molecule has 98 valence electrons. The number of carbonyl (C=O) groups is 2. The average molecular weight is 275 g/mol. The third-order valence-electron chi connectivity index (χ3n) is 2.54. The molecule has 0 saturated heterocycles. The van der Waals surface area contributed by atoms with Gasteiger partial charge in [-0.2, -0.15) is 0 Å². The van der Waals surface area contributed by atoms with Crippen LogP contribution in [0.2, 0.25) is 0 Å². The number of hydrogen-bond acceptors (Lipinski definition) is 5. The number of aromatic nitrogens is 1. The number of aryl methyl sites for hydroxylation is 1. The Morgan fingerprint density at radius 2 is 2.11 bits per heavy atom. The second kappa shape index (κ2) is 5.19. The fraction of sp³-hybridized carbons (Fsp3) is 0.154. The van der Waals surface area contributed by atoms with Gasteiger partial charge in [-0.15, -0.1) is 11.3 Å². The van der Waals surface area contributed by atoms with Crippen molar-refractivity contribution in [2.75, 3.05) is 11.1 Å². The van der Waals surface area contributed by atoms with Crippen molar-refractivity contribution in [3.05, 3.63) is 40.4 Å². The van der Waals surface area contributed by atoms with E-state index in [-0.39, 0.29) is 11.7 Å². The Bertz CT molecular complexity index is 649. The topological polar surface area (TPSA) is 85.1 Å². The molecule has 2 rings (SSSR count). The number of anilines is 2. The second-order valence-electron chi connectivity index (χ2n) is 4.14. The molecule has 1 amide bonds. The van der Waals surface area contributed by atoms with Crippen LogP contribution >= 0.6 is 11.3 Å². The third kappa shape index (κ3) is 2.97. The molecule has 3 N–H and O–H groups in total. The number of Topliss-reactive ketones (excluding diaryl/α,β-unsaturated/α-hetero) is 1. The Balaban J connectivity index is 2.20. The zero-order chi connectivity index (χ0) is 14.0. The first-order valence-electron chi connectivity index (χ1n) is 5.61. The van der Waals surface area contributed by atoms with Crippen LogP contribution in [0.4, 0.5) is 10.8 Å². The molecule has 0 aliphatic carbocycles. The van der Waals surface area contributed by atoms with Crippen molar-refractivity contribution in [3.8, 4) is 0 Å². The minimum atomic E-state index is -0.328. The van der Waals surface area contributed by atoms with Crippen molar-refractivity contribution in [1.29, 1.82) is 0 Å². The van der Waals surface area contributed by atoms with Crippen LogP contribution in [0.15, 0.2) is 23.6 Å². The van der Waals surface area contributed by atoms with E-state index < -0.39 is 0 Å². The number of nitrogens with two attached hydrogens (primary N) is 1. The number of rotatable bonds is 3. The summed E-state index contributed by atoms with van der Waals surface area (Å²) >= 11 is 1.21. The molecule has 0 atom stereocenters. The van der Waals surface area contributed by atoms with Crippen LogP contribution in [0.5, 0.6) is 0 Å². The minimum absolute atomic E-state index is 0.133. The first kappa shape index (κ1) is 13.2. The summed E-state index contributed by atoms with van der Waals surface area (Å²) in [5.41, 5.74) is 7.87. The zero-order valence-corrected chi connectivity index (χ0v) is 11.4. The van der Waals surface area contributed by atoms with Gasteiger partial charge in [-0.05, 0) is 19.1 Å². The molecule has 0 unspecified atom stereocenters. The summed E-state index contributed by atoms with van der Waals surface area (Å²) < 4.78 is 0. The molecule has 0 bridgehead atoms. The second-order valence-corrected chi connectivity index (χ2v) is 5.00. The molecule has 0 radical (unpaired) electrons. The summed E-state index contributed by atoms with van der Waals surface area (Å²) in [7, 11) is 0. The number of amides is 1. The van der Waals surface area contributed by atoms with Crippen LogP contribution in [0.3, 0.4) is 0 Å². The molecule has 6 heteroatoms. The van der Waals surface area contributed by atoms with E-state index in [0.717, 1.165) is 5.56 Å². The van der Waals surface area contributed by atoms with Gasteiger partial charge in [-0.1, -0.05) is 11.6 Å². The maximum absolute atomic E-state index is 12.1. The lowest BCUT2D eigenvalue weighted by Gasteiger charge is -2.06. The van der Waals surface area contributed by atoms with E-state index in [0.29, 0.717) is 22.1 Å². The molecule has 0 spiro atoms. The largest absolute Gasteiger partial charge is 0.398 e. The highest BCUT2D eigenvalue weighted by Gasteiger charge is 2.13. The Morgan fingerprint density at radius 3 is 2.74 bits per heavy atom. The highest BCUT2D eigenvalue weighted by molar-refractivity contribution is 7.14. The van der Waals surface area contributed by atoms with E-state index in [1.54, 1.807) is 17.5 Å². The number of ketones is 1. The minimum Gasteiger partial charge on any atom is -0.398 e. The molecule has 0 aliphatic heterocycles. The van der Waals surface area contributed by atoms with Gasteiger partial charge in [0, 0.05) is 18.0 Å². The van der Waals surface area contributed by atoms with Crippen molar-refractivity contribution in [2.45, 2.75) is 13.8 Å². The summed E-state index contributed by atoms with van der Waals surface area (Å²) in [4.78, 5) is 27.2. The fourth-order valence-corrected chi connectivity index (χ4v) is 2.27. The van der Waals surface area contributed by atoms with Crippen molar-refractivity contribution in [1.82, 2.24) is 4.98 Å². The molecule has 2 aromatic rings. The lowest BCUT2D eigenvalue weighted by atomic mass is 10.1. The first-order valence-corrected chi connectivity index (χ1v) is 6.49. The molecule has 0 saturated carbocycles. The van der Waals surface area contributed by atoms with E-state index in [1.165, 1.54) is 18.3 Å². The number of hydrogen-bond donors (Lipinski definition) is 2. The molecule has 1 aromatic heterocycles. The van der Waals surface area contributed by atoms with Crippen molar-refractivity contribution < 1.29 is 9.59 Å². The van der Waals surface area contributed by atoms with Crippen LogP contribution < -0.4 is 11.1 Å². The van der Waals surface area contributed by atoms with Crippen LogP contribution in [0.1, 0.15) is 33.3 Å². The zero-order valence-electron chi connectivity index (χ0n) is 10.6. The summed E-state index contributed by atoms with van der Waals surface area (Å²) in [5, 5.41) is 4.63. The molecule has 1 heterocycles. The molecule has 5 nitrogen and oxygen atoms in total. The molecular weight excluding hydrogens is 262 g/mol. The van der Waals surface area contributed by atoms with Crippen molar-refractivity contribution in [3.63, 3.8) is 0 Å². The summed E-state index contributed by atoms with van der Waals surface area (Å²) in [6.07, 6.45) is 0. The number of carbonyl (C=O) groups excluding carboxylic acids is 2. The Morgan fingerprint density at radius 1 is 1.37 bits per heavy atom. The number of nitrogens with one attached hydrogen (secondary N) is 1. The van der Waals surface area contributed by atoms with Gasteiger partial charge in [0.05, 0.1) is 5.56 Å². The Hall–Kier alpha value is -2.21. The lowest BCUT2D eigenvalue weighted by molar-refractivity contribution is 0.100. The SMILES string of the molecule is CC(=O)c1csc(NC(=O)c2cc(C)ccc2N)n1. The van der Waals surface area contributed by atoms with E-state index in [2.05, 4.69) is 10.3 Å². The molecule has 0 aliphatic rings. The van der Waals surface area contributed by atoms with Crippen LogP contribution in [-0.2, 0) is 0 Å². The van der Waals surface area contributed by atoms with Crippen LogP contribution in [-0.4, -0.2) is 16.7 Å². The number of nitrogens with zero attached hydrogens (tertiary/aromatic N) is 1. The molecular formula is C13H13N3O2S. The van der Waals surface area contributed by atoms with Crippen molar-refractivity contribution in [2.24, 2.45) is 0 Å².